The SMILES string of the molecule is CC(=O)N1CCC2(CC1)CC(=O)c1cc(C=CC(=O)NO)ccc1O2. The smallest absolute Gasteiger partial charge is 0.267 e. The number of hydrogen-bond acceptors (Lipinski definition) is 5. The molecule has 2 aliphatic rings. The molecule has 1 saturated heterocycles. The highest BCUT2D eigenvalue weighted by atomic mass is 16.5. The van der Waals surface area contributed by atoms with Gasteiger partial charge >= 0.3 is 0 Å². The van der Waals surface area contributed by atoms with Crippen LogP contribution in [0.25, 0.3) is 6.08 Å². The van der Waals surface area contributed by atoms with Crippen LogP contribution >= 0.6 is 0 Å². The van der Waals surface area contributed by atoms with Crippen LogP contribution in [0.5, 0.6) is 5.75 Å². The molecule has 3 rings (SSSR count). The van der Waals surface area contributed by atoms with E-state index in [-0.39, 0.29) is 18.1 Å². The van der Waals surface area contributed by atoms with Crippen molar-refractivity contribution in [2.45, 2.75) is 31.8 Å². The van der Waals surface area contributed by atoms with Gasteiger partial charge in [0.1, 0.15) is 11.4 Å². The lowest BCUT2D eigenvalue weighted by molar-refractivity contribution is -0.132. The van der Waals surface area contributed by atoms with E-state index in [4.69, 9.17) is 9.94 Å². The van der Waals surface area contributed by atoms with Crippen molar-refractivity contribution in [2.75, 3.05) is 13.1 Å². The summed E-state index contributed by atoms with van der Waals surface area (Å²) in [7, 11) is 0. The third kappa shape index (κ3) is 3.56. The molecule has 2 heterocycles. The average molecular weight is 344 g/mol. The van der Waals surface area contributed by atoms with E-state index in [9.17, 15) is 14.4 Å². The average Bonchev–Trinajstić information content (AvgIpc) is 2.60. The predicted octanol–water partition coefficient (Wildman–Crippen LogP) is 1.55. The second-order valence-corrected chi connectivity index (χ2v) is 6.46. The third-order valence-electron chi connectivity index (χ3n) is 4.77. The number of hydrogen-bond donors (Lipinski definition) is 2. The molecule has 0 bridgehead atoms. The van der Waals surface area contributed by atoms with Crippen molar-refractivity contribution in [1.82, 2.24) is 10.4 Å². The van der Waals surface area contributed by atoms with Gasteiger partial charge in [-0.05, 0) is 23.8 Å². The molecular formula is C18H20N2O5. The zero-order valence-corrected chi connectivity index (χ0v) is 13.9. The number of ketones is 1. The van der Waals surface area contributed by atoms with Crippen LogP contribution in [-0.2, 0) is 9.59 Å². The van der Waals surface area contributed by atoms with Crippen LogP contribution in [0.4, 0.5) is 0 Å². The van der Waals surface area contributed by atoms with Crippen molar-refractivity contribution in [2.24, 2.45) is 0 Å². The summed E-state index contributed by atoms with van der Waals surface area (Å²) in [5, 5.41) is 8.49. The van der Waals surface area contributed by atoms with E-state index in [0.717, 1.165) is 0 Å². The van der Waals surface area contributed by atoms with Crippen LogP contribution in [0, 0.1) is 0 Å². The number of rotatable bonds is 2. The van der Waals surface area contributed by atoms with E-state index < -0.39 is 11.5 Å². The van der Waals surface area contributed by atoms with E-state index in [1.165, 1.54) is 17.6 Å². The van der Waals surface area contributed by atoms with E-state index in [0.29, 0.717) is 42.8 Å². The van der Waals surface area contributed by atoms with E-state index in [1.807, 2.05) is 0 Å². The van der Waals surface area contributed by atoms with Gasteiger partial charge in [-0.15, -0.1) is 0 Å². The lowest BCUT2D eigenvalue weighted by Crippen LogP contribution is -2.51. The van der Waals surface area contributed by atoms with E-state index in [2.05, 4.69) is 0 Å². The third-order valence-corrected chi connectivity index (χ3v) is 4.77. The van der Waals surface area contributed by atoms with Crippen LogP contribution < -0.4 is 10.2 Å². The molecule has 1 spiro atoms. The molecule has 2 N–H and O–H groups in total. The minimum atomic E-state index is -0.642. The number of fused-ring (bicyclic) bond motifs is 1. The Morgan fingerprint density at radius 1 is 1.32 bits per heavy atom. The van der Waals surface area contributed by atoms with Gasteiger partial charge in [-0.2, -0.15) is 0 Å². The Balaban J connectivity index is 1.78. The van der Waals surface area contributed by atoms with Gasteiger partial charge in [-0.3, -0.25) is 19.6 Å². The van der Waals surface area contributed by atoms with Crippen LogP contribution in [0.2, 0.25) is 0 Å². The number of benzene rings is 1. The Hall–Kier alpha value is -2.67. The van der Waals surface area contributed by atoms with Crippen molar-refractivity contribution < 1.29 is 24.3 Å². The molecule has 0 atom stereocenters. The Kier molecular flexibility index (Phi) is 4.59. The zero-order valence-electron chi connectivity index (χ0n) is 13.9. The molecule has 0 aromatic heterocycles. The van der Waals surface area contributed by atoms with Gasteiger partial charge in [-0.1, -0.05) is 6.07 Å². The molecule has 1 fully saturated rings. The quantitative estimate of drug-likeness (QED) is 0.482. The second kappa shape index (κ2) is 6.68. The number of ether oxygens (including phenoxy) is 1. The molecule has 7 nitrogen and oxygen atoms in total. The van der Waals surface area contributed by atoms with Gasteiger partial charge in [0, 0.05) is 38.9 Å². The van der Waals surface area contributed by atoms with Gasteiger partial charge in [0.2, 0.25) is 5.91 Å². The molecule has 0 unspecified atom stereocenters. The Bertz CT molecular complexity index is 748. The number of Topliss-reactive ketones (excluding diaryl/α,β-unsaturated/α-hetero) is 1. The fourth-order valence-corrected chi connectivity index (χ4v) is 3.33. The molecule has 7 heteroatoms. The molecule has 0 radical (unpaired) electrons. The highest BCUT2D eigenvalue weighted by Crippen LogP contribution is 2.39. The van der Waals surface area contributed by atoms with Gasteiger partial charge in [0.25, 0.3) is 5.91 Å². The summed E-state index contributed by atoms with van der Waals surface area (Å²) in [6.07, 6.45) is 4.24. The molecule has 132 valence electrons. The van der Waals surface area contributed by atoms with Crippen LogP contribution in [-0.4, -0.2) is 46.4 Å². The van der Waals surface area contributed by atoms with Gasteiger partial charge in [0.15, 0.2) is 5.78 Å². The molecule has 1 aromatic carbocycles. The minimum Gasteiger partial charge on any atom is -0.486 e. The van der Waals surface area contributed by atoms with Crippen LogP contribution in [0.15, 0.2) is 24.3 Å². The number of piperidine rings is 1. The topological polar surface area (TPSA) is 95.9 Å². The standard InChI is InChI=1S/C18H20N2O5/c1-12(21)20-8-6-18(7-9-20)11-15(22)14-10-13(2-4-16(14)25-18)3-5-17(23)19-24/h2-5,10,24H,6-9,11H2,1H3,(H,19,23). The molecule has 25 heavy (non-hydrogen) atoms. The zero-order chi connectivity index (χ0) is 18.0. The molecule has 2 aliphatic heterocycles. The van der Waals surface area contributed by atoms with E-state index in [1.54, 1.807) is 30.0 Å². The summed E-state index contributed by atoms with van der Waals surface area (Å²) in [6.45, 7) is 2.73. The first-order chi connectivity index (χ1) is 11.9. The molecule has 0 aliphatic carbocycles. The van der Waals surface area contributed by atoms with E-state index >= 15 is 0 Å². The van der Waals surface area contributed by atoms with Crippen molar-refractivity contribution in [1.29, 1.82) is 0 Å². The summed E-state index contributed by atoms with van der Waals surface area (Å²) in [5.74, 6) is -0.0621. The minimum absolute atomic E-state index is 0.000570. The van der Waals surface area contributed by atoms with Crippen molar-refractivity contribution in [3.63, 3.8) is 0 Å². The van der Waals surface area contributed by atoms with Gasteiger partial charge in [-0.25, -0.2) is 5.48 Å². The highest BCUT2D eigenvalue weighted by Gasteiger charge is 2.43. The fourth-order valence-electron chi connectivity index (χ4n) is 3.33. The lowest BCUT2D eigenvalue weighted by atomic mass is 9.82. The molecular weight excluding hydrogens is 324 g/mol. The lowest BCUT2D eigenvalue weighted by Gasteiger charge is -2.43. The summed E-state index contributed by atoms with van der Waals surface area (Å²) < 4.78 is 6.16. The predicted molar refractivity (Wildman–Crippen MR) is 89.2 cm³/mol. The summed E-state index contributed by atoms with van der Waals surface area (Å²) >= 11 is 0. The number of hydroxylamine groups is 1. The Labute approximate surface area is 145 Å². The fraction of sp³-hybridized carbons (Fsp3) is 0.389. The van der Waals surface area contributed by atoms with Crippen LogP contribution in [0.3, 0.4) is 0 Å². The van der Waals surface area contributed by atoms with Gasteiger partial charge < -0.3 is 9.64 Å². The van der Waals surface area contributed by atoms with Gasteiger partial charge in [0.05, 0.1) is 12.0 Å². The number of nitrogens with zero attached hydrogens (tertiary/aromatic N) is 1. The monoisotopic (exact) mass is 344 g/mol. The summed E-state index contributed by atoms with van der Waals surface area (Å²) in [4.78, 5) is 36.9. The maximum Gasteiger partial charge on any atom is 0.267 e. The second-order valence-electron chi connectivity index (χ2n) is 6.46. The van der Waals surface area contributed by atoms with Crippen LogP contribution in [0.1, 0.15) is 42.1 Å². The molecule has 2 amide bonds. The number of carbonyl (C=O) groups excluding carboxylic acids is 3. The number of carbonyl (C=O) groups is 3. The highest BCUT2D eigenvalue weighted by molar-refractivity contribution is 6.01. The number of amides is 2. The number of nitrogens with one attached hydrogen (secondary N) is 1. The first-order valence-corrected chi connectivity index (χ1v) is 8.16. The number of likely N-dealkylation sites (tertiary alicyclic amines) is 1. The maximum atomic E-state index is 12.6. The largest absolute Gasteiger partial charge is 0.486 e. The molecule has 0 saturated carbocycles. The Morgan fingerprint density at radius 2 is 2.04 bits per heavy atom. The first-order valence-electron chi connectivity index (χ1n) is 8.16. The molecule has 1 aromatic rings. The summed E-state index contributed by atoms with van der Waals surface area (Å²) in [5.41, 5.74) is 2.13. The van der Waals surface area contributed by atoms with Crippen molar-refractivity contribution >= 4 is 23.7 Å². The van der Waals surface area contributed by atoms with Crippen molar-refractivity contribution in [3.8, 4) is 5.75 Å². The normalized spacial score (nSPS) is 18.8. The summed E-state index contributed by atoms with van der Waals surface area (Å²) in [6, 6.07) is 5.15. The Morgan fingerprint density at radius 3 is 2.68 bits per heavy atom. The van der Waals surface area contributed by atoms with Crippen molar-refractivity contribution in [3.05, 3.63) is 35.4 Å². The maximum absolute atomic E-state index is 12.6. The first kappa shape index (κ1) is 17.2.